The van der Waals surface area contributed by atoms with Gasteiger partial charge in [0.05, 0.1) is 10.7 Å². The van der Waals surface area contributed by atoms with Crippen molar-refractivity contribution >= 4 is 29.3 Å². The van der Waals surface area contributed by atoms with Gasteiger partial charge in [0.15, 0.2) is 0 Å². The Hall–Kier alpha value is -1.82. The van der Waals surface area contributed by atoms with E-state index in [4.69, 9.17) is 16.7 Å². The Labute approximate surface area is 114 Å². The Morgan fingerprint density at radius 2 is 2.11 bits per heavy atom. The molecule has 0 radical (unpaired) electrons. The number of rotatable bonds is 5. The molecule has 19 heavy (non-hydrogen) atoms. The molecule has 0 unspecified atom stereocenters. The van der Waals surface area contributed by atoms with Gasteiger partial charge in [0, 0.05) is 18.5 Å². The number of urea groups is 1. The number of carbonyl (C=O) groups excluding carboxylic acids is 1. The average molecular weight is 289 g/mol. The van der Waals surface area contributed by atoms with Crippen LogP contribution in [0, 0.1) is 12.7 Å². The first-order valence-electron chi connectivity index (χ1n) is 5.63. The van der Waals surface area contributed by atoms with Crippen LogP contribution in [0.4, 0.5) is 14.9 Å². The van der Waals surface area contributed by atoms with E-state index in [1.54, 1.807) is 0 Å². The Morgan fingerprint density at radius 1 is 1.42 bits per heavy atom. The highest BCUT2D eigenvalue weighted by atomic mass is 35.5. The van der Waals surface area contributed by atoms with Gasteiger partial charge in [-0.25, -0.2) is 9.18 Å². The number of nitrogens with one attached hydrogen (secondary N) is 2. The standard InChI is InChI=1S/C12H14ClFN2O3/c1-7-9(14)5-4-8(13)11(7)16-12(19)15-6-2-3-10(17)18/h4-5H,2-3,6H2,1H3,(H,17,18)(H2,15,16,19). The van der Waals surface area contributed by atoms with Gasteiger partial charge in [-0.1, -0.05) is 11.6 Å². The van der Waals surface area contributed by atoms with Crippen molar-refractivity contribution in [2.24, 2.45) is 0 Å². The summed E-state index contributed by atoms with van der Waals surface area (Å²) in [6.45, 7) is 1.71. The first-order chi connectivity index (χ1) is 8.91. The van der Waals surface area contributed by atoms with Crippen molar-refractivity contribution in [3.05, 3.63) is 28.5 Å². The number of hydrogen-bond acceptors (Lipinski definition) is 2. The molecular formula is C12H14ClFN2O3. The van der Waals surface area contributed by atoms with Crippen molar-refractivity contribution in [3.8, 4) is 0 Å². The predicted molar refractivity (Wildman–Crippen MR) is 70.0 cm³/mol. The molecule has 7 heteroatoms. The Balaban J connectivity index is 2.53. The van der Waals surface area contributed by atoms with Crippen LogP contribution < -0.4 is 10.6 Å². The van der Waals surface area contributed by atoms with E-state index in [1.165, 1.54) is 19.1 Å². The van der Waals surface area contributed by atoms with Crippen molar-refractivity contribution in [3.63, 3.8) is 0 Å². The van der Waals surface area contributed by atoms with E-state index in [-0.39, 0.29) is 29.2 Å². The van der Waals surface area contributed by atoms with Gasteiger partial charge >= 0.3 is 12.0 Å². The molecule has 1 rings (SSSR count). The van der Waals surface area contributed by atoms with Crippen LogP contribution in [-0.4, -0.2) is 23.7 Å². The van der Waals surface area contributed by atoms with Gasteiger partial charge in [-0.05, 0) is 25.5 Å². The van der Waals surface area contributed by atoms with E-state index < -0.39 is 17.8 Å². The zero-order valence-electron chi connectivity index (χ0n) is 10.3. The molecule has 1 aromatic carbocycles. The third-order valence-corrected chi connectivity index (χ3v) is 2.75. The largest absolute Gasteiger partial charge is 0.481 e. The van der Waals surface area contributed by atoms with E-state index in [9.17, 15) is 14.0 Å². The number of anilines is 1. The molecule has 0 aliphatic heterocycles. The monoisotopic (exact) mass is 288 g/mol. The molecule has 2 amide bonds. The van der Waals surface area contributed by atoms with Crippen LogP contribution in [0.3, 0.4) is 0 Å². The normalized spacial score (nSPS) is 10.1. The van der Waals surface area contributed by atoms with Crippen LogP contribution >= 0.6 is 11.6 Å². The van der Waals surface area contributed by atoms with Gasteiger partial charge < -0.3 is 15.7 Å². The maximum absolute atomic E-state index is 13.3. The first kappa shape index (κ1) is 15.2. The lowest BCUT2D eigenvalue weighted by Crippen LogP contribution is -2.30. The second-order valence-corrected chi connectivity index (χ2v) is 4.31. The number of carboxylic acids is 1. The lowest BCUT2D eigenvalue weighted by atomic mass is 10.2. The number of carbonyl (C=O) groups is 2. The molecule has 1 aromatic rings. The Morgan fingerprint density at radius 3 is 2.74 bits per heavy atom. The molecule has 0 aliphatic carbocycles. The molecule has 0 heterocycles. The number of aliphatic carboxylic acids is 1. The molecule has 3 N–H and O–H groups in total. The fraction of sp³-hybridized carbons (Fsp3) is 0.333. The van der Waals surface area contributed by atoms with Gasteiger partial charge in [-0.15, -0.1) is 0 Å². The predicted octanol–water partition coefficient (Wildman–Crippen LogP) is 2.77. The Bertz CT molecular complexity index is 494. The molecule has 0 bridgehead atoms. The third-order valence-electron chi connectivity index (χ3n) is 2.44. The zero-order chi connectivity index (χ0) is 14.4. The van der Waals surface area contributed by atoms with E-state index in [2.05, 4.69) is 10.6 Å². The fourth-order valence-corrected chi connectivity index (χ4v) is 1.66. The van der Waals surface area contributed by atoms with Gasteiger partial charge in [-0.2, -0.15) is 0 Å². The van der Waals surface area contributed by atoms with E-state index in [0.717, 1.165) is 0 Å². The number of halogens is 2. The average Bonchev–Trinajstić information content (AvgIpc) is 2.35. The molecule has 0 atom stereocenters. The van der Waals surface area contributed by atoms with Crippen LogP contribution in [0.15, 0.2) is 12.1 Å². The van der Waals surface area contributed by atoms with Gasteiger partial charge in [0.25, 0.3) is 0 Å². The molecule has 0 saturated heterocycles. The van der Waals surface area contributed by atoms with Crippen LogP contribution in [0.1, 0.15) is 18.4 Å². The second-order valence-electron chi connectivity index (χ2n) is 3.91. The van der Waals surface area contributed by atoms with Crippen LogP contribution in [-0.2, 0) is 4.79 Å². The second kappa shape index (κ2) is 6.94. The number of hydrogen-bond donors (Lipinski definition) is 3. The zero-order valence-corrected chi connectivity index (χ0v) is 11.1. The molecule has 0 fully saturated rings. The van der Waals surface area contributed by atoms with Crippen molar-refractivity contribution in [1.82, 2.24) is 5.32 Å². The highest BCUT2D eigenvalue weighted by molar-refractivity contribution is 6.33. The summed E-state index contributed by atoms with van der Waals surface area (Å²) < 4.78 is 13.3. The van der Waals surface area contributed by atoms with Gasteiger partial charge in [0.1, 0.15) is 5.82 Å². The molecule has 0 aromatic heterocycles. The molecule has 5 nitrogen and oxygen atoms in total. The summed E-state index contributed by atoms with van der Waals surface area (Å²) in [7, 11) is 0. The highest BCUT2D eigenvalue weighted by Gasteiger charge is 2.11. The lowest BCUT2D eigenvalue weighted by molar-refractivity contribution is -0.137. The Kier molecular flexibility index (Phi) is 5.57. The summed E-state index contributed by atoms with van der Waals surface area (Å²) in [4.78, 5) is 21.8. The number of amides is 2. The minimum absolute atomic E-state index is 0.0277. The maximum Gasteiger partial charge on any atom is 0.319 e. The van der Waals surface area contributed by atoms with Gasteiger partial charge in [-0.3, -0.25) is 4.79 Å². The quantitative estimate of drug-likeness (QED) is 0.729. The summed E-state index contributed by atoms with van der Waals surface area (Å²) in [6, 6.07) is 2.01. The van der Waals surface area contributed by atoms with E-state index in [0.29, 0.717) is 6.42 Å². The van der Waals surface area contributed by atoms with Crippen LogP contribution in [0.5, 0.6) is 0 Å². The molecular weight excluding hydrogens is 275 g/mol. The molecule has 0 saturated carbocycles. The number of benzene rings is 1. The summed E-state index contributed by atoms with van der Waals surface area (Å²) >= 11 is 5.86. The van der Waals surface area contributed by atoms with E-state index >= 15 is 0 Å². The molecule has 104 valence electrons. The highest BCUT2D eigenvalue weighted by Crippen LogP contribution is 2.27. The van der Waals surface area contributed by atoms with Crippen molar-refractivity contribution in [1.29, 1.82) is 0 Å². The van der Waals surface area contributed by atoms with Crippen LogP contribution in [0.2, 0.25) is 5.02 Å². The van der Waals surface area contributed by atoms with E-state index in [1.807, 2.05) is 0 Å². The minimum atomic E-state index is -0.925. The van der Waals surface area contributed by atoms with Crippen molar-refractivity contribution in [2.75, 3.05) is 11.9 Å². The summed E-state index contributed by atoms with van der Waals surface area (Å²) in [6.07, 6.45) is 0.290. The maximum atomic E-state index is 13.3. The minimum Gasteiger partial charge on any atom is -0.481 e. The molecule has 0 aliphatic rings. The third kappa shape index (κ3) is 4.75. The SMILES string of the molecule is Cc1c(F)ccc(Cl)c1NC(=O)NCCCC(=O)O. The van der Waals surface area contributed by atoms with Crippen LogP contribution in [0.25, 0.3) is 0 Å². The van der Waals surface area contributed by atoms with Crippen molar-refractivity contribution in [2.45, 2.75) is 19.8 Å². The smallest absolute Gasteiger partial charge is 0.319 e. The topological polar surface area (TPSA) is 78.4 Å². The lowest BCUT2D eigenvalue weighted by Gasteiger charge is -2.11. The van der Waals surface area contributed by atoms with Gasteiger partial charge in [0.2, 0.25) is 0 Å². The fourth-order valence-electron chi connectivity index (χ4n) is 1.41. The summed E-state index contributed by atoms with van der Waals surface area (Å²) in [5.74, 6) is -1.39. The summed E-state index contributed by atoms with van der Waals surface area (Å²) in [5.41, 5.74) is 0.450. The van der Waals surface area contributed by atoms with Crippen molar-refractivity contribution < 1.29 is 19.1 Å². The number of carboxylic acid groups (broad SMARTS) is 1. The molecule has 0 spiro atoms. The summed E-state index contributed by atoms with van der Waals surface area (Å²) in [5, 5.41) is 13.6. The first-order valence-corrected chi connectivity index (χ1v) is 6.01.